The number of anilines is 3. The van der Waals surface area contributed by atoms with Crippen LogP contribution in [-0.2, 0) is 5.41 Å². The lowest BCUT2D eigenvalue weighted by Crippen LogP contribution is -2.22. The topological polar surface area (TPSA) is 8.17 Å². The summed E-state index contributed by atoms with van der Waals surface area (Å²) in [5.41, 5.74) is 13.3. The summed E-state index contributed by atoms with van der Waals surface area (Å²) in [5, 5.41) is 7.54. The van der Waals surface area contributed by atoms with Gasteiger partial charge in [-0.3, -0.25) is 0 Å². The van der Waals surface area contributed by atoms with E-state index in [9.17, 15) is 0 Å². The van der Waals surface area contributed by atoms with Crippen LogP contribution in [0.15, 0.2) is 200 Å². The quantitative estimate of drug-likeness (QED) is 0.170. The lowest BCUT2D eigenvalue weighted by molar-refractivity contribution is 0.714. The highest BCUT2D eigenvalue weighted by Gasteiger charge is 2.42. The van der Waals surface area contributed by atoms with E-state index in [0.29, 0.717) is 0 Å². The predicted molar refractivity (Wildman–Crippen MR) is 243 cm³/mol. The van der Waals surface area contributed by atoms with E-state index in [1.807, 2.05) is 11.3 Å². The van der Waals surface area contributed by atoms with Gasteiger partial charge in [0.15, 0.2) is 0 Å². The Morgan fingerprint density at radius 2 is 1.18 bits per heavy atom. The molecule has 9 aromatic carbocycles. The standard InChI is InChI=1S/C54H36N2S/c1-54(36-17-3-2-4-18-36)46-25-10-7-24-44(46)52-47(54)31-30-43-41-22-8-11-26-49(41)56(53(43)52)38-20-14-19-37(33-38)55(48-27-13-16-35-15-5-6-21-40(35)48)39-29-32-51-45(34-39)42-23-9-12-28-50(42)57-51/h2-34H,1H3. The molecule has 0 N–H and O–H groups in total. The highest BCUT2D eigenvalue weighted by Crippen LogP contribution is 2.56. The van der Waals surface area contributed by atoms with E-state index in [1.165, 1.54) is 80.6 Å². The van der Waals surface area contributed by atoms with Crippen molar-refractivity contribution in [2.75, 3.05) is 4.90 Å². The van der Waals surface area contributed by atoms with E-state index in [-0.39, 0.29) is 5.41 Å². The summed E-state index contributed by atoms with van der Waals surface area (Å²) < 4.78 is 5.14. The molecule has 12 rings (SSSR count). The molecule has 0 radical (unpaired) electrons. The molecule has 11 aromatic rings. The Bertz CT molecular complexity index is 3380. The van der Waals surface area contributed by atoms with Crippen molar-refractivity contribution < 1.29 is 0 Å². The zero-order chi connectivity index (χ0) is 37.7. The second kappa shape index (κ2) is 12.3. The van der Waals surface area contributed by atoms with Crippen molar-refractivity contribution in [3.05, 3.63) is 217 Å². The molecule has 1 aliphatic carbocycles. The van der Waals surface area contributed by atoms with Gasteiger partial charge in [0.2, 0.25) is 0 Å². The van der Waals surface area contributed by atoms with Crippen molar-refractivity contribution in [3.63, 3.8) is 0 Å². The SMILES string of the molecule is CC1(c2ccccc2)c2ccccc2-c2c1ccc1c3ccccc3n(-c3cccc(N(c4ccc5sc6ccccc6c5c4)c4cccc5ccccc45)c3)c21. The largest absolute Gasteiger partial charge is 0.310 e. The van der Waals surface area contributed by atoms with Gasteiger partial charge < -0.3 is 9.47 Å². The first kappa shape index (κ1) is 32.3. The Balaban J connectivity index is 1.14. The molecule has 0 amide bonds. The third-order valence-corrected chi connectivity index (χ3v) is 13.6. The van der Waals surface area contributed by atoms with Gasteiger partial charge in [-0.1, -0.05) is 146 Å². The van der Waals surface area contributed by atoms with Gasteiger partial charge in [0.1, 0.15) is 0 Å². The minimum absolute atomic E-state index is 0.292. The van der Waals surface area contributed by atoms with Crippen LogP contribution in [0.2, 0.25) is 0 Å². The maximum Gasteiger partial charge on any atom is 0.0622 e. The maximum atomic E-state index is 2.53. The zero-order valence-corrected chi connectivity index (χ0v) is 32.2. The molecule has 0 saturated heterocycles. The summed E-state index contributed by atoms with van der Waals surface area (Å²) >= 11 is 1.86. The lowest BCUT2D eigenvalue weighted by Gasteiger charge is -2.28. The highest BCUT2D eigenvalue weighted by molar-refractivity contribution is 7.25. The molecule has 0 spiro atoms. The normalized spacial score (nSPS) is 14.8. The average Bonchev–Trinajstić information content (AvgIpc) is 3.90. The summed E-state index contributed by atoms with van der Waals surface area (Å²) in [7, 11) is 0. The van der Waals surface area contributed by atoms with E-state index < -0.39 is 0 Å². The van der Waals surface area contributed by atoms with E-state index in [2.05, 4.69) is 217 Å². The van der Waals surface area contributed by atoms with Gasteiger partial charge in [-0.25, -0.2) is 0 Å². The lowest BCUT2D eigenvalue weighted by atomic mass is 9.74. The summed E-state index contributed by atoms with van der Waals surface area (Å²) in [6, 6.07) is 74.0. The van der Waals surface area contributed by atoms with Crippen molar-refractivity contribution >= 4 is 81.1 Å². The monoisotopic (exact) mass is 744 g/mol. The van der Waals surface area contributed by atoms with Crippen LogP contribution < -0.4 is 4.90 Å². The van der Waals surface area contributed by atoms with E-state index in [1.54, 1.807) is 0 Å². The molecule has 0 saturated carbocycles. The Hall–Kier alpha value is -6.94. The molecule has 57 heavy (non-hydrogen) atoms. The van der Waals surface area contributed by atoms with Crippen LogP contribution in [0.25, 0.3) is 69.6 Å². The summed E-state index contributed by atoms with van der Waals surface area (Å²) in [6.07, 6.45) is 0. The highest BCUT2D eigenvalue weighted by atomic mass is 32.1. The van der Waals surface area contributed by atoms with Crippen LogP contribution in [0.1, 0.15) is 23.6 Å². The Labute approximate surface area is 335 Å². The van der Waals surface area contributed by atoms with Crippen LogP contribution in [0.3, 0.4) is 0 Å². The Morgan fingerprint density at radius 3 is 2.09 bits per heavy atom. The van der Waals surface area contributed by atoms with Crippen molar-refractivity contribution in [1.29, 1.82) is 0 Å². The van der Waals surface area contributed by atoms with Gasteiger partial charge in [0.05, 0.1) is 16.7 Å². The molecule has 268 valence electrons. The number of para-hydroxylation sites is 1. The smallest absolute Gasteiger partial charge is 0.0622 e. The minimum atomic E-state index is -0.292. The van der Waals surface area contributed by atoms with Crippen molar-refractivity contribution in [3.8, 4) is 16.8 Å². The van der Waals surface area contributed by atoms with Crippen LogP contribution in [0, 0.1) is 0 Å². The molecule has 0 aliphatic heterocycles. The number of aromatic nitrogens is 1. The van der Waals surface area contributed by atoms with Gasteiger partial charge in [-0.15, -0.1) is 11.3 Å². The number of thiophene rings is 1. The van der Waals surface area contributed by atoms with Gasteiger partial charge in [0, 0.05) is 64.4 Å². The first-order valence-corrected chi connectivity index (χ1v) is 20.5. The van der Waals surface area contributed by atoms with Crippen molar-refractivity contribution in [1.82, 2.24) is 4.57 Å². The molecule has 0 bridgehead atoms. The minimum Gasteiger partial charge on any atom is -0.310 e. The molecule has 2 aromatic heterocycles. The number of fused-ring (bicyclic) bond motifs is 11. The number of benzene rings is 9. The Kier molecular flexibility index (Phi) is 6.96. The summed E-state index contributed by atoms with van der Waals surface area (Å²) in [6.45, 7) is 2.40. The van der Waals surface area contributed by atoms with Crippen LogP contribution in [0.5, 0.6) is 0 Å². The predicted octanol–water partition coefficient (Wildman–Crippen LogP) is 15.1. The van der Waals surface area contributed by atoms with Gasteiger partial charge in [-0.2, -0.15) is 0 Å². The number of nitrogens with zero attached hydrogens (tertiary/aromatic N) is 2. The molecule has 1 aliphatic rings. The fourth-order valence-corrected chi connectivity index (χ4v) is 10.9. The van der Waals surface area contributed by atoms with E-state index >= 15 is 0 Å². The van der Waals surface area contributed by atoms with Crippen LogP contribution in [-0.4, -0.2) is 4.57 Å². The fourth-order valence-electron chi connectivity index (χ4n) is 9.83. The van der Waals surface area contributed by atoms with Crippen molar-refractivity contribution in [2.45, 2.75) is 12.3 Å². The molecule has 2 nitrogen and oxygen atoms in total. The van der Waals surface area contributed by atoms with Gasteiger partial charge in [-0.05, 0) is 89.2 Å². The van der Waals surface area contributed by atoms with Gasteiger partial charge >= 0.3 is 0 Å². The maximum absolute atomic E-state index is 2.53. The molecule has 1 unspecified atom stereocenters. The molecular formula is C54H36N2S. The van der Waals surface area contributed by atoms with E-state index in [0.717, 1.165) is 22.7 Å². The summed E-state index contributed by atoms with van der Waals surface area (Å²) in [5.74, 6) is 0. The van der Waals surface area contributed by atoms with Crippen LogP contribution in [0.4, 0.5) is 17.1 Å². The third-order valence-electron chi connectivity index (χ3n) is 12.4. The number of hydrogen-bond acceptors (Lipinski definition) is 2. The third kappa shape index (κ3) is 4.64. The van der Waals surface area contributed by atoms with Gasteiger partial charge in [0.25, 0.3) is 0 Å². The molecule has 3 heteroatoms. The molecule has 1 atom stereocenters. The second-order valence-electron chi connectivity index (χ2n) is 15.4. The number of rotatable bonds is 5. The summed E-state index contributed by atoms with van der Waals surface area (Å²) in [4.78, 5) is 2.46. The average molecular weight is 745 g/mol. The van der Waals surface area contributed by atoms with Crippen molar-refractivity contribution in [2.24, 2.45) is 0 Å². The zero-order valence-electron chi connectivity index (χ0n) is 31.4. The van der Waals surface area contributed by atoms with E-state index in [4.69, 9.17) is 0 Å². The molecule has 2 heterocycles. The second-order valence-corrected chi connectivity index (χ2v) is 16.5. The molecular weight excluding hydrogens is 709 g/mol. The fraction of sp³-hybridized carbons (Fsp3) is 0.0370. The van der Waals surface area contributed by atoms with Crippen LogP contribution >= 0.6 is 11.3 Å². The first-order valence-electron chi connectivity index (χ1n) is 19.7. The number of hydrogen-bond donors (Lipinski definition) is 0. The molecule has 0 fully saturated rings. The Morgan fingerprint density at radius 1 is 0.474 bits per heavy atom. The first-order chi connectivity index (χ1) is 28.2.